The summed E-state index contributed by atoms with van der Waals surface area (Å²) in [6.45, 7) is 3.73. The van der Waals surface area contributed by atoms with Crippen LogP contribution in [0.4, 0.5) is 5.69 Å². The van der Waals surface area contributed by atoms with E-state index in [1.165, 1.54) is 0 Å². The topological polar surface area (TPSA) is 44.5 Å². The molecule has 2 rings (SSSR count). The quantitative estimate of drug-likeness (QED) is 0.647. The number of hydrogen-bond acceptors (Lipinski definition) is 4. The second kappa shape index (κ2) is 6.17. The van der Waals surface area contributed by atoms with Crippen LogP contribution >= 0.6 is 11.8 Å². The van der Waals surface area contributed by atoms with Gasteiger partial charge in [0.15, 0.2) is 0 Å². The highest BCUT2D eigenvalue weighted by Gasteiger charge is 2.24. The Hall–Kier alpha value is -0.870. The normalized spacial score (nSPS) is 23.8. The Morgan fingerprint density at radius 1 is 1.47 bits per heavy atom. The summed E-state index contributed by atoms with van der Waals surface area (Å²) in [5, 5.41) is 0.617. The number of thioether (sulfide) groups is 1. The molecule has 17 heavy (non-hydrogen) atoms. The third-order valence-electron chi connectivity index (χ3n) is 2.90. The monoisotopic (exact) mass is 253 g/mol. The van der Waals surface area contributed by atoms with Crippen LogP contribution in [-0.2, 0) is 4.74 Å². The molecular weight excluding hydrogens is 234 g/mol. The predicted molar refractivity (Wildman–Crippen MR) is 72.6 cm³/mol. The van der Waals surface area contributed by atoms with Crippen molar-refractivity contribution in [1.82, 2.24) is 0 Å². The van der Waals surface area contributed by atoms with Gasteiger partial charge in [0.25, 0.3) is 0 Å². The van der Waals surface area contributed by atoms with Gasteiger partial charge in [0, 0.05) is 17.6 Å². The average molecular weight is 253 g/mol. The standard InChI is InChI=1S/C13H19NO2S/c1-10-13(6-7-15-10)17-9-8-16-12-5-3-2-4-11(12)14/h2-5,10,13H,6-9,14H2,1H3. The fraction of sp³-hybridized carbons (Fsp3) is 0.538. The largest absolute Gasteiger partial charge is 0.491 e. The molecule has 1 aliphatic heterocycles. The average Bonchev–Trinajstić information content (AvgIpc) is 2.73. The Kier molecular flexibility index (Phi) is 4.57. The van der Waals surface area contributed by atoms with Gasteiger partial charge in [0.2, 0.25) is 0 Å². The van der Waals surface area contributed by atoms with Crippen LogP contribution in [0.25, 0.3) is 0 Å². The lowest BCUT2D eigenvalue weighted by Crippen LogP contribution is -2.15. The van der Waals surface area contributed by atoms with Crippen molar-refractivity contribution in [2.75, 3.05) is 24.7 Å². The number of anilines is 1. The molecule has 0 spiro atoms. The van der Waals surface area contributed by atoms with E-state index in [4.69, 9.17) is 15.2 Å². The van der Waals surface area contributed by atoms with E-state index < -0.39 is 0 Å². The lowest BCUT2D eigenvalue weighted by molar-refractivity contribution is 0.127. The minimum atomic E-state index is 0.377. The van der Waals surface area contributed by atoms with Crippen molar-refractivity contribution in [3.05, 3.63) is 24.3 Å². The van der Waals surface area contributed by atoms with Crippen LogP contribution in [0, 0.1) is 0 Å². The molecule has 0 radical (unpaired) electrons. The fourth-order valence-corrected chi connectivity index (χ4v) is 2.99. The predicted octanol–water partition coefficient (Wildman–Crippen LogP) is 2.56. The SMILES string of the molecule is CC1OCCC1SCCOc1ccccc1N. The van der Waals surface area contributed by atoms with Gasteiger partial charge in [0.1, 0.15) is 5.75 Å². The molecule has 0 aromatic heterocycles. The van der Waals surface area contributed by atoms with Crippen molar-refractivity contribution in [3.8, 4) is 5.75 Å². The summed E-state index contributed by atoms with van der Waals surface area (Å²) < 4.78 is 11.2. The van der Waals surface area contributed by atoms with Crippen LogP contribution in [0.3, 0.4) is 0 Å². The van der Waals surface area contributed by atoms with Gasteiger partial charge in [-0.25, -0.2) is 0 Å². The molecule has 1 aliphatic rings. The Bertz CT molecular complexity index is 359. The smallest absolute Gasteiger partial charge is 0.142 e. The van der Waals surface area contributed by atoms with Gasteiger partial charge in [-0.05, 0) is 25.5 Å². The minimum absolute atomic E-state index is 0.377. The zero-order valence-corrected chi connectivity index (χ0v) is 10.9. The summed E-state index contributed by atoms with van der Waals surface area (Å²) >= 11 is 1.93. The second-order valence-corrected chi connectivity index (χ2v) is 5.51. The van der Waals surface area contributed by atoms with Crippen LogP contribution in [0.1, 0.15) is 13.3 Å². The summed E-state index contributed by atoms with van der Waals surface area (Å²) in [6, 6.07) is 7.61. The summed E-state index contributed by atoms with van der Waals surface area (Å²) in [5.74, 6) is 1.76. The van der Waals surface area contributed by atoms with E-state index in [2.05, 4.69) is 6.92 Å². The first kappa shape index (κ1) is 12.6. The molecule has 2 N–H and O–H groups in total. The van der Waals surface area contributed by atoms with Gasteiger partial charge < -0.3 is 15.2 Å². The Morgan fingerprint density at radius 2 is 2.29 bits per heavy atom. The summed E-state index contributed by atoms with van der Waals surface area (Å²) in [6.07, 6.45) is 1.53. The third kappa shape index (κ3) is 3.54. The molecule has 3 nitrogen and oxygen atoms in total. The van der Waals surface area contributed by atoms with Crippen molar-refractivity contribution < 1.29 is 9.47 Å². The van der Waals surface area contributed by atoms with E-state index in [9.17, 15) is 0 Å². The van der Waals surface area contributed by atoms with Crippen LogP contribution in [0.15, 0.2) is 24.3 Å². The number of nitrogens with two attached hydrogens (primary N) is 1. The summed E-state index contributed by atoms with van der Waals surface area (Å²) in [7, 11) is 0. The summed E-state index contributed by atoms with van der Waals surface area (Å²) in [5.41, 5.74) is 6.50. The Balaban J connectivity index is 1.68. The first-order chi connectivity index (χ1) is 8.27. The highest BCUT2D eigenvalue weighted by molar-refractivity contribution is 8.00. The van der Waals surface area contributed by atoms with Crippen molar-refractivity contribution in [3.63, 3.8) is 0 Å². The first-order valence-corrected chi connectivity index (χ1v) is 7.03. The number of benzene rings is 1. The van der Waals surface area contributed by atoms with E-state index in [1.54, 1.807) is 0 Å². The van der Waals surface area contributed by atoms with Gasteiger partial charge in [-0.15, -0.1) is 0 Å². The first-order valence-electron chi connectivity index (χ1n) is 5.98. The van der Waals surface area contributed by atoms with Gasteiger partial charge >= 0.3 is 0 Å². The molecule has 1 aromatic carbocycles. The van der Waals surface area contributed by atoms with Crippen molar-refractivity contribution in [1.29, 1.82) is 0 Å². The van der Waals surface area contributed by atoms with Gasteiger partial charge in [-0.2, -0.15) is 11.8 Å². The van der Waals surface area contributed by atoms with Crippen molar-refractivity contribution in [2.45, 2.75) is 24.7 Å². The van der Waals surface area contributed by atoms with Crippen LogP contribution < -0.4 is 10.5 Å². The van der Waals surface area contributed by atoms with E-state index in [-0.39, 0.29) is 0 Å². The molecule has 2 atom stereocenters. The molecule has 1 fully saturated rings. The Morgan fingerprint density at radius 3 is 3.00 bits per heavy atom. The van der Waals surface area contributed by atoms with E-state index in [0.717, 1.165) is 24.5 Å². The maximum Gasteiger partial charge on any atom is 0.142 e. The van der Waals surface area contributed by atoms with Crippen LogP contribution in [0.5, 0.6) is 5.75 Å². The molecule has 4 heteroatoms. The second-order valence-electron chi connectivity index (χ2n) is 4.16. The number of nitrogen functional groups attached to an aromatic ring is 1. The number of hydrogen-bond donors (Lipinski definition) is 1. The van der Waals surface area contributed by atoms with E-state index in [0.29, 0.717) is 23.6 Å². The molecule has 1 heterocycles. The molecule has 0 saturated carbocycles. The zero-order chi connectivity index (χ0) is 12.1. The number of para-hydroxylation sites is 2. The lowest BCUT2D eigenvalue weighted by atomic mass is 10.3. The highest BCUT2D eigenvalue weighted by Crippen LogP contribution is 2.26. The van der Waals surface area contributed by atoms with Crippen LogP contribution in [0.2, 0.25) is 0 Å². The van der Waals surface area contributed by atoms with Crippen LogP contribution in [-0.4, -0.2) is 30.3 Å². The van der Waals surface area contributed by atoms with E-state index in [1.807, 2.05) is 36.0 Å². The fourth-order valence-electron chi connectivity index (χ4n) is 1.89. The molecule has 1 saturated heterocycles. The molecule has 0 aliphatic carbocycles. The minimum Gasteiger partial charge on any atom is -0.491 e. The molecule has 0 bridgehead atoms. The van der Waals surface area contributed by atoms with E-state index >= 15 is 0 Å². The lowest BCUT2D eigenvalue weighted by Gasteiger charge is -2.14. The molecule has 1 aromatic rings. The molecular formula is C13H19NO2S. The van der Waals surface area contributed by atoms with Crippen molar-refractivity contribution >= 4 is 17.4 Å². The van der Waals surface area contributed by atoms with Crippen molar-refractivity contribution in [2.24, 2.45) is 0 Å². The number of rotatable bonds is 5. The Labute approximate surface area is 107 Å². The van der Waals surface area contributed by atoms with Gasteiger partial charge in [-0.1, -0.05) is 12.1 Å². The van der Waals surface area contributed by atoms with Gasteiger partial charge in [0.05, 0.1) is 18.4 Å². The molecule has 2 unspecified atom stereocenters. The zero-order valence-electron chi connectivity index (χ0n) is 10.1. The highest BCUT2D eigenvalue weighted by atomic mass is 32.2. The van der Waals surface area contributed by atoms with Gasteiger partial charge in [-0.3, -0.25) is 0 Å². The molecule has 94 valence electrons. The maximum atomic E-state index is 5.80. The summed E-state index contributed by atoms with van der Waals surface area (Å²) in [4.78, 5) is 0. The molecule has 0 amide bonds. The number of ether oxygens (including phenoxy) is 2. The maximum absolute atomic E-state index is 5.80. The third-order valence-corrected chi connectivity index (χ3v) is 4.35.